The standard InChI is InChI=1S/C16H19N3O2/c1-12-4-3-5-13-10-14(17(2)15(12)13)16(21)19-8-6-18(11-20)7-9-19/h3-5,10-11H,6-9H2,1-2H3. The topological polar surface area (TPSA) is 45.6 Å². The van der Waals surface area contributed by atoms with Crippen molar-refractivity contribution in [2.24, 2.45) is 7.05 Å². The van der Waals surface area contributed by atoms with E-state index in [0.717, 1.165) is 17.3 Å². The van der Waals surface area contributed by atoms with Crippen LogP contribution >= 0.6 is 0 Å². The van der Waals surface area contributed by atoms with Crippen molar-refractivity contribution in [3.63, 3.8) is 0 Å². The van der Waals surface area contributed by atoms with E-state index in [-0.39, 0.29) is 5.91 Å². The quantitative estimate of drug-likeness (QED) is 0.783. The maximum absolute atomic E-state index is 12.7. The van der Waals surface area contributed by atoms with Crippen LogP contribution in [0.15, 0.2) is 24.3 Å². The van der Waals surface area contributed by atoms with Crippen molar-refractivity contribution < 1.29 is 9.59 Å². The number of carbonyl (C=O) groups is 2. The molecule has 1 aromatic carbocycles. The number of rotatable bonds is 2. The highest BCUT2D eigenvalue weighted by molar-refractivity contribution is 5.99. The molecule has 0 N–H and O–H groups in total. The van der Waals surface area contributed by atoms with Gasteiger partial charge in [-0.05, 0) is 18.6 Å². The first-order chi connectivity index (χ1) is 10.1. The Morgan fingerprint density at radius 2 is 1.90 bits per heavy atom. The van der Waals surface area contributed by atoms with E-state index in [0.29, 0.717) is 31.9 Å². The molecular formula is C16H19N3O2. The summed E-state index contributed by atoms with van der Waals surface area (Å²) in [5.74, 6) is 0.0404. The summed E-state index contributed by atoms with van der Waals surface area (Å²) in [6.45, 7) is 4.46. The molecule has 1 saturated heterocycles. The number of benzene rings is 1. The molecule has 0 spiro atoms. The number of fused-ring (bicyclic) bond motifs is 1. The molecule has 3 rings (SSSR count). The minimum Gasteiger partial charge on any atom is -0.342 e. The number of piperazine rings is 1. The highest BCUT2D eigenvalue weighted by Gasteiger charge is 2.24. The van der Waals surface area contributed by atoms with Crippen molar-refractivity contribution in [3.05, 3.63) is 35.5 Å². The lowest BCUT2D eigenvalue weighted by Gasteiger charge is -2.32. The Balaban J connectivity index is 1.90. The van der Waals surface area contributed by atoms with Crippen LogP contribution < -0.4 is 0 Å². The highest BCUT2D eigenvalue weighted by Crippen LogP contribution is 2.23. The number of aryl methyl sites for hydroxylation is 2. The van der Waals surface area contributed by atoms with Gasteiger partial charge in [0.05, 0.1) is 5.52 Å². The van der Waals surface area contributed by atoms with Crippen molar-refractivity contribution in [2.45, 2.75) is 6.92 Å². The minimum absolute atomic E-state index is 0.0404. The van der Waals surface area contributed by atoms with E-state index in [2.05, 4.69) is 13.0 Å². The van der Waals surface area contributed by atoms with Crippen molar-refractivity contribution in [1.82, 2.24) is 14.4 Å². The van der Waals surface area contributed by atoms with Crippen LogP contribution in [0, 0.1) is 6.92 Å². The van der Waals surface area contributed by atoms with E-state index in [1.807, 2.05) is 34.7 Å². The minimum atomic E-state index is 0.0404. The smallest absolute Gasteiger partial charge is 0.270 e. The van der Waals surface area contributed by atoms with Crippen molar-refractivity contribution in [3.8, 4) is 0 Å². The molecule has 1 fully saturated rings. The Morgan fingerprint density at radius 1 is 1.19 bits per heavy atom. The third-order valence-corrected chi connectivity index (χ3v) is 4.23. The van der Waals surface area contributed by atoms with E-state index in [9.17, 15) is 9.59 Å². The summed E-state index contributed by atoms with van der Waals surface area (Å²) in [5, 5.41) is 1.09. The molecule has 1 aromatic heterocycles. The number of para-hydroxylation sites is 1. The number of aromatic nitrogens is 1. The molecular weight excluding hydrogens is 266 g/mol. The molecule has 2 heterocycles. The summed E-state index contributed by atoms with van der Waals surface area (Å²) >= 11 is 0. The Labute approximate surface area is 123 Å². The van der Waals surface area contributed by atoms with Crippen molar-refractivity contribution >= 4 is 23.2 Å². The van der Waals surface area contributed by atoms with Crippen LogP contribution in [0.2, 0.25) is 0 Å². The van der Waals surface area contributed by atoms with Crippen LogP contribution in [0.25, 0.3) is 10.9 Å². The molecule has 2 amide bonds. The summed E-state index contributed by atoms with van der Waals surface area (Å²) in [4.78, 5) is 27.0. The van der Waals surface area contributed by atoms with Gasteiger partial charge >= 0.3 is 0 Å². The number of nitrogens with zero attached hydrogens (tertiary/aromatic N) is 3. The van der Waals surface area contributed by atoms with Crippen LogP contribution in [0.5, 0.6) is 0 Å². The predicted octanol–water partition coefficient (Wildman–Crippen LogP) is 1.40. The summed E-state index contributed by atoms with van der Waals surface area (Å²) < 4.78 is 1.97. The molecule has 1 aliphatic rings. The zero-order chi connectivity index (χ0) is 15.0. The second kappa shape index (κ2) is 5.24. The van der Waals surface area contributed by atoms with Gasteiger partial charge in [0, 0.05) is 38.6 Å². The lowest BCUT2D eigenvalue weighted by atomic mass is 10.2. The average molecular weight is 285 g/mol. The molecule has 21 heavy (non-hydrogen) atoms. The van der Waals surface area contributed by atoms with Gasteiger partial charge in [0.1, 0.15) is 5.69 Å². The molecule has 0 unspecified atom stereocenters. The number of amides is 2. The maximum atomic E-state index is 12.7. The Bertz CT molecular complexity index is 697. The lowest BCUT2D eigenvalue weighted by molar-refractivity contribution is -0.119. The molecule has 5 nitrogen and oxygen atoms in total. The van der Waals surface area contributed by atoms with Gasteiger partial charge in [-0.15, -0.1) is 0 Å². The highest BCUT2D eigenvalue weighted by atomic mass is 16.2. The molecule has 5 heteroatoms. The van der Waals surface area contributed by atoms with Gasteiger partial charge in [-0.1, -0.05) is 18.2 Å². The molecule has 2 aromatic rings. The van der Waals surface area contributed by atoms with E-state index < -0.39 is 0 Å². The third kappa shape index (κ3) is 2.28. The van der Waals surface area contributed by atoms with Gasteiger partial charge in [0.2, 0.25) is 6.41 Å². The zero-order valence-corrected chi connectivity index (χ0v) is 12.4. The summed E-state index contributed by atoms with van der Waals surface area (Å²) in [6, 6.07) is 8.05. The van der Waals surface area contributed by atoms with Crippen molar-refractivity contribution in [1.29, 1.82) is 0 Å². The van der Waals surface area contributed by atoms with Gasteiger partial charge in [-0.3, -0.25) is 9.59 Å². The van der Waals surface area contributed by atoms with E-state index in [1.54, 1.807) is 4.90 Å². The van der Waals surface area contributed by atoms with Crippen LogP contribution in [0.4, 0.5) is 0 Å². The Kier molecular flexibility index (Phi) is 3.41. The SMILES string of the molecule is Cc1cccc2cc(C(=O)N3CCN(C=O)CC3)n(C)c12. The number of hydrogen-bond acceptors (Lipinski definition) is 2. The monoisotopic (exact) mass is 285 g/mol. The largest absolute Gasteiger partial charge is 0.342 e. The molecule has 0 atom stereocenters. The fourth-order valence-electron chi connectivity index (χ4n) is 3.02. The number of carbonyl (C=O) groups excluding carboxylic acids is 2. The van der Waals surface area contributed by atoms with Gasteiger partial charge in [0.25, 0.3) is 5.91 Å². The van der Waals surface area contributed by atoms with Crippen LogP contribution in [-0.2, 0) is 11.8 Å². The van der Waals surface area contributed by atoms with E-state index >= 15 is 0 Å². The van der Waals surface area contributed by atoms with Gasteiger partial charge in [-0.2, -0.15) is 0 Å². The lowest BCUT2D eigenvalue weighted by Crippen LogP contribution is -2.48. The van der Waals surface area contributed by atoms with Crippen LogP contribution in [0.1, 0.15) is 16.1 Å². The first-order valence-corrected chi connectivity index (χ1v) is 7.15. The van der Waals surface area contributed by atoms with Gasteiger partial charge in [0.15, 0.2) is 0 Å². The molecule has 110 valence electrons. The van der Waals surface area contributed by atoms with E-state index in [4.69, 9.17) is 0 Å². The Hall–Kier alpha value is -2.30. The fourth-order valence-corrected chi connectivity index (χ4v) is 3.02. The average Bonchev–Trinajstić information content (AvgIpc) is 2.85. The van der Waals surface area contributed by atoms with Gasteiger partial charge < -0.3 is 14.4 Å². The molecule has 0 radical (unpaired) electrons. The first kappa shape index (κ1) is 13.7. The summed E-state index contributed by atoms with van der Waals surface area (Å²) in [6.07, 6.45) is 0.849. The second-order valence-electron chi connectivity index (χ2n) is 5.53. The van der Waals surface area contributed by atoms with Crippen LogP contribution in [-0.4, -0.2) is 52.9 Å². The second-order valence-corrected chi connectivity index (χ2v) is 5.53. The first-order valence-electron chi connectivity index (χ1n) is 7.15. The molecule has 0 aliphatic carbocycles. The molecule has 1 aliphatic heterocycles. The van der Waals surface area contributed by atoms with Gasteiger partial charge in [-0.25, -0.2) is 0 Å². The maximum Gasteiger partial charge on any atom is 0.270 e. The van der Waals surface area contributed by atoms with Crippen molar-refractivity contribution in [2.75, 3.05) is 26.2 Å². The van der Waals surface area contributed by atoms with E-state index in [1.165, 1.54) is 5.56 Å². The fraction of sp³-hybridized carbons (Fsp3) is 0.375. The van der Waals surface area contributed by atoms with Crippen LogP contribution in [0.3, 0.4) is 0 Å². The Morgan fingerprint density at radius 3 is 2.52 bits per heavy atom. The summed E-state index contributed by atoms with van der Waals surface area (Å²) in [7, 11) is 1.93. The molecule has 0 bridgehead atoms. The zero-order valence-electron chi connectivity index (χ0n) is 12.4. The predicted molar refractivity (Wildman–Crippen MR) is 81.2 cm³/mol. The third-order valence-electron chi connectivity index (χ3n) is 4.23. The normalized spacial score (nSPS) is 15.5. The molecule has 0 saturated carbocycles. The number of hydrogen-bond donors (Lipinski definition) is 0. The summed E-state index contributed by atoms with van der Waals surface area (Å²) in [5.41, 5.74) is 2.98.